The minimum atomic E-state index is 0.207. The molecule has 0 aliphatic carbocycles. The normalized spacial score (nSPS) is 12.0. The zero-order valence-electron chi connectivity index (χ0n) is 16.9. The third kappa shape index (κ3) is 2.52. The van der Waals surface area contributed by atoms with E-state index < -0.39 is 0 Å². The van der Waals surface area contributed by atoms with Crippen molar-refractivity contribution in [3.8, 4) is 11.3 Å². The van der Waals surface area contributed by atoms with E-state index in [4.69, 9.17) is 14.4 Å². The Morgan fingerprint density at radius 3 is 2.27 bits per heavy atom. The van der Waals surface area contributed by atoms with E-state index in [9.17, 15) is 0 Å². The second-order valence-corrected chi connectivity index (χ2v) is 8.09. The average molecular weight is 388 g/mol. The lowest BCUT2D eigenvalue weighted by Gasteiger charge is -2.10. The molecule has 0 saturated carbocycles. The van der Waals surface area contributed by atoms with E-state index >= 15 is 0 Å². The SMILES string of the molecule is CC(C)c1nc(-c2ccc3ccccc3c2)c2c(n1)oc1ccc3ccccc3c12. The largest absolute Gasteiger partial charge is 0.438 e. The van der Waals surface area contributed by atoms with Crippen molar-refractivity contribution < 1.29 is 4.42 Å². The summed E-state index contributed by atoms with van der Waals surface area (Å²) in [5, 5.41) is 6.84. The number of nitrogens with zero attached hydrogens (tertiary/aromatic N) is 2. The van der Waals surface area contributed by atoms with Crippen LogP contribution < -0.4 is 0 Å². The fourth-order valence-electron chi connectivity index (χ4n) is 4.26. The molecule has 4 aromatic carbocycles. The zero-order valence-corrected chi connectivity index (χ0v) is 16.9. The molecule has 30 heavy (non-hydrogen) atoms. The number of hydrogen-bond donors (Lipinski definition) is 0. The lowest BCUT2D eigenvalue weighted by molar-refractivity contribution is 0.643. The molecule has 0 bridgehead atoms. The molecule has 0 atom stereocenters. The van der Waals surface area contributed by atoms with Crippen LogP contribution >= 0.6 is 0 Å². The molecule has 0 aliphatic heterocycles. The van der Waals surface area contributed by atoms with Gasteiger partial charge in [0, 0.05) is 16.9 Å². The zero-order chi connectivity index (χ0) is 20.2. The third-order valence-corrected chi connectivity index (χ3v) is 5.78. The molecule has 0 N–H and O–H groups in total. The van der Waals surface area contributed by atoms with Crippen molar-refractivity contribution in [3.63, 3.8) is 0 Å². The number of aromatic nitrogens is 2. The van der Waals surface area contributed by atoms with Gasteiger partial charge in [0.15, 0.2) is 0 Å². The van der Waals surface area contributed by atoms with Crippen molar-refractivity contribution in [1.82, 2.24) is 9.97 Å². The van der Waals surface area contributed by atoms with Crippen LogP contribution in [0.5, 0.6) is 0 Å². The Bertz CT molecular complexity index is 1580. The Balaban J connectivity index is 1.78. The Morgan fingerprint density at radius 1 is 0.700 bits per heavy atom. The van der Waals surface area contributed by atoms with Crippen LogP contribution in [-0.2, 0) is 0 Å². The lowest BCUT2D eigenvalue weighted by Crippen LogP contribution is -1.99. The van der Waals surface area contributed by atoms with Gasteiger partial charge in [0.05, 0.1) is 11.1 Å². The van der Waals surface area contributed by atoms with E-state index in [-0.39, 0.29) is 5.92 Å². The molecule has 6 aromatic rings. The summed E-state index contributed by atoms with van der Waals surface area (Å²) >= 11 is 0. The first kappa shape index (κ1) is 17.2. The third-order valence-electron chi connectivity index (χ3n) is 5.78. The lowest BCUT2D eigenvalue weighted by atomic mass is 9.99. The smallest absolute Gasteiger partial charge is 0.231 e. The quantitative estimate of drug-likeness (QED) is 0.309. The molecule has 0 aliphatic rings. The molecule has 0 saturated heterocycles. The van der Waals surface area contributed by atoms with Gasteiger partial charge in [0.25, 0.3) is 0 Å². The average Bonchev–Trinajstić information content (AvgIpc) is 3.17. The maximum absolute atomic E-state index is 6.25. The summed E-state index contributed by atoms with van der Waals surface area (Å²) in [6.07, 6.45) is 0. The second-order valence-electron chi connectivity index (χ2n) is 8.09. The van der Waals surface area contributed by atoms with Gasteiger partial charge in [0.2, 0.25) is 5.71 Å². The van der Waals surface area contributed by atoms with E-state index in [1.807, 2.05) is 6.07 Å². The molecule has 0 fully saturated rings. The number of rotatable bonds is 2. The number of furan rings is 1. The monoisotopic (exact) mass is 388 g/mol. The topological polar surface area (TPSA) is 38.9 Å². The van der Waals surface area contributed by atoms with E-state index in [1.54, 1.807) is 0 Å². The van der Waals surface area contributed by atoms with Crippen LogP contribution in [0.15, 0.2) is 83.3 Å². The minimum Gasteiger partial charge on any atom is -0.438 e. The van der Waals surface area contributed by atoms with Crippen LogP contribution in [-0.4, -0.2) is 9.97 Å². The highest BCUT2D eigenvalue weighted by atomic mass is 16.3. The highest BCUT2D eigenvalue weighted by Gasteiger charge is 2.20. The van der Waals surface area contributed by atoms with Crippen LogP contribution in [0.25, 0.3) is 54.9 Å². The molecule has 0 radical (unpaired) electrons. The van der Waals surface area contributed by atoms with Gasteiger partial charge in [-0.1, -0.05) is 80.6 Å². The van der Waals surface area contributed by atoms with E-state index in [2.05, 4.69) is 86.6 Å². The van der Waals surface area contributed by atoms with Gasteiger partial charge < -0.3 is 4.42 Å². The molecule has 0 amide bonds. The van der Waals surface area contributed by atoms with Gasteiger partial charge in [-0.25, -0.2) is 4.98 Å². The summed E-state index contributed by atoms with van der Waals surface area (Å²) in [6, 6.07) is 27.5. The number of benzene rings is 4. The summed E-state index contributed by atoms with van der Waals surface area (Å²) < 4.78 is 6.25. The predicted molar refractivity (Wildman–Crippen MR) is 124 cm³/mol. The molecular formula is C27H20N2O. The molecule has 2 aromatic heterocycles. The fraction of sp³-hybridized carbons (Fsp3) is 0.111. The summed E-state index contributed by atoms with van der Waals surface area (Å²) in [5.74, 6) is 1.01. The first-order chi connectivity index (χ1) is 14.7. The standard InChI is InChI=1S/C27H20N2O/c1-16(2)26-28-25(20-12-11-17-7-3-4-9-19(17)15-20)24-23-21-10-6-5-8-18(21)13-14-22(23)30-27(24)29-26/h3-16H,1-2H3. The van der Waals surface area contributed by atoms with Crippen molar-refractivity contribution in [2.75, 3.05) is 0 Å². The first-order valence-electron chi connectivity index (χ1n) is 10.3. The van der Waals surface area contributed by atoms with Crippen LogP contribution in [0.2, 0.25) is 0 Å². The number of hydrogen-bond acceptors (Lipinski definition) is 3. The van der Waals surface area contributed by atoms with Crippen molar-refractivity contribution in [2.45, 2.75) is 19.8 Å². The van der Waals surface area contributed by atoms with Crippen LogP contribution in [0, 0.1) is 0 Å². The van der Waals surface area contributed by atoms with Crippen molar-refractivity contribution in [1.29, 1.82) is 0 Å². The highest BCUT2D eigenvalue weighted by Crippen LogP contribution is 2.39. The summed E-state index contributed by atoms with van der Waals surface area (Å²) in [7, 11) is 0. The summed E-state index contributed by atoms with van der Waals surface area (Å²) in [5.41, 5.74) is 3.52. The van der Waals surface area contributed by atoms with Gasteiger partial charge >= 0.3 is 0 Å². The Morgan fingerprint density at radius 2 is 1.43 bits per heavy atom. The van der Waals surface area contributed by atoms with Crippen LogP contribution in [0.1, 0.15) is 25.6 Å². The molecular weight excluding hydrogens is 368 g/mol. The molecule has 6 rings (SSSR count). The Hall–Kier alpha value is -3.72. The maximum atomic E-state index is 6.25. The van der Waals surface area contributed by atoms with Gasteiger partial charge in [0.1, 0.15) is 11.4 Å². The fourth-order valence-corrected chi connectivity index (χ4v) is 4.26. The Labute approximate surface area is 174 Å². The molecule has 0 spiro atoms. The summed E-state index contributed by atoms with van der Waals surface area (Å²) in [4.78, 5) is 9.82. The van der Waals surface area contributed by atoms with E-state index in [0.717, 1.165) is 38.8 Å². The second kappa shape index (κ2) is 6.39. The maximum Gasteiger partial charge on any atom is 0.231 e. The minimum absolute atomic E-state index is 0.207. The molecule has 0 unspecified atom stereocenters. The number of fused-ring (bicyclic) bond motifs is 6. The first-order valence-corrected chi connectivity index (χ1v) is 10.3. The highest BCUT2D eigenvalue weighted by molar-refractivity contribution is 6.21. The molecule has 2 heterocycles. The predicted octanol–water partition coefficient (Wildman–Crippen LogP) is 7.47. The summed E-state index contributed by atoms with van der Waals surface area (Å²) in [6.45, 7) is 4.23. The van der Waals surface area contributed by atoms with Crippen molar-refractivity contribution in [3.05, 3.63) is 84.7 Å². The van der Waals surface area contributed by atoms with Gasteiger partial charge in [-0.2, -0.15) is 4.98 Å². The van der Waals surface area contributed by atoms with E-state index in [1.165, 1.54) is 16.2 Å². The van der Waals surface area contributed by atoms with Crippen LogP contribution in [0.3, 0.4) is 0 Å². The van der Waals surface area contributed by atoms with E-state index in [0.29, 0.717) is 5.71 Å². The van der Waals surface area contributed by atoms with Gasteiger partial charge in [-0.3, -0.25) is 0 Å². The Kier molecular flexibility index (Phi) is 3.66. The van der Waals surface area contributed by atoms with Crippen molar-refractivity contribution >= 4 is 43.6 Å². The van der Waals surface area contributed by atoms with Crippen molar-refractivity contribution in [2.24, 2.45) is 0 Å². The molecule has 3 nitrogen and oxygen atoms in total. The van der Waals surface area contributed by atoms with Gasteiger partial charge in [-0.05, 0) is 33.7 Å². The molecule has 144 valence electrons. The van der Waals surface area contributed by atoms with Crippen LogP contribution in [0.4, 0.5) is 0 Å². The van der Waals surface area contributed by atoms with Gasteiger partial charge in [-0.15, -0.1) is 0 Å². The molecule has 3 heteroatoms.